The molecule has 1 fully saturated rings. The van der Waals surface area contributed by atoms with Gasteiger partial charge in [0, 0.05) is 12.6 Å². The van der Waals surface area contributed by atoms with E-state index in [0.717, 1.165) is 18.4 Å². The number of carbonyl (C=O) groups excluding carboxylic acids is 1. The zero-order valence-electron chi connectivity index (χ0n) is 10.8. The standard InChI is InChI=1S/C14H19FN2O/c1-9-7-11(3-6-13(9)15)8-16-10(2)14(18)17-12-4-5-12/h3,6-7,10,12,16H,4-5,8H2,1-2H3,(H,17,18). The third kappa shape index (κ3) is 3.53. The molecule has 1 aromatic rings. The molecule has 1 aliphatic carbocycles. The Hall–Kier alpha value is -1.42. The van der Waals surface area contributed by atoms with Gasteiger partial charge in [0.25, 0.3) is 0 Å². The van der Waals surface area contributed by atoms with E-state index >= 15 is 0 Å². The van der Waals surface area contributed by atoms with Gasteiger partial charge in [0.05, 0.1) is 6.04 Å². The lowest BCUT2D eigenvalue weighted by Gasteiger charge is -2.14. The van der Waals surface area contributed by atoms with Gasteiger partial charge in [-0.05, 0) is 43.9 Å². The number of nitrogens with one attached hydrogen (secondary N) is 2. The molecule has 1 amide bonds. The minimum atomic E-state index is -0.226. The molecule has 1 aliphatic rings. The van der Waals surface area contributed by atoms with Crippen molar-refractivity contribution in [3.63, 3.8) is 0 Å². The molecule has 0 saturated heterocycles. The molecule has 1 saturated carbocycles. The lowest BCUT2D eigenvalue weighted by Crippen LogP contribution is -2.42. The predicted octanol–water partition coefficient (Wildman–Crippen LogP) is 1.89. The molecule has 3 nitrogen and oxygen atoms in total. The molecule has 1 unspecified atom stereocenters. The predicted molar refractivity (Wildman–Crippen MR) is 68.6 cm³/mol. The second kappa shape index (κ2) is 5.48. The molecule has 0 aliphatic heterocycles. The van der Waals surface area contributed by atoms with Crippen molar-refractivity contribution in [2.24, 2.45) is 0 Å². The van der Waals surface area contributed by atoms with E-state index in [2.05, 4.69) is 10.6 Å². The molecule has 0 spiro atoms. The second-order valence-corrected chi connectivity index (χ2v) is 4.97. The summed E-state index contributed by atoms with van der Waals surface area (Å²) < 4.78 is 13.1. The average molecular weight is 250 g/mol. The summed E-state index contributed by atoms with van der Waals surface area (Å²) in [5, 5.41) is 6.09. The van der Waals surface area contributed by atoms with Crippen molar-refractivity contribution in [3.05, 3.63) is 35.1 Å². The number of carbonyl (C=O) groups is 1. The fraction of sp³-hybridized carbons (Fsp3) is 0.500. The quantitative estimate of drug-likeness (QED) is 0.838. The van der Waals surface area contributed by atoms with Gasteiger partial charge in [0.1, 0.15) is 5.82 Å². The highest BCUT2D eigenvalue weighted by Gasteiger charge is 2.25. The summed E-state index contributed by atoms with van der Waals surface area (Å²) in [5.74, 6) is -0.158. The molecule has 0 aromatic heterocycles. The first-order valence-corrected chi connectivity index (χ1v) is 6.35. The highest BCUT2D eigenvalue weighted by atomic mass is 19.1. The van der Waals surface area contributed by atoms with Gasteiger partial charge in [0.15, 0.2) is 0 Å². The molecule has 1 aromatic carbocycles. The lowest BCUT2D eigenvalue weighted by molar-refractivity contribution is -0.122. The van der Waals surface area contributed by atoms with Crippen molar-refractivity contribution in [2.75, 3.05) is 0 Å². The van der Waals surface area contributed by atoms with Crippen molar-refractivity contribution < 1.29 is 9.18 Å². The van der Waals surface area contributed by atoms with Gasteiger partial charge in [-0.2, -0.15) is 0 Å². The number of amides is 1. The Morgan fingerprint density at radius 3 is 2.83 bits per heavy atom. The zero-order chi connectivity index (χ0) is 13.1. The maximum absolute atomic E-state index is 13.1. The van der Waals surface area contributed by atoms with E-state index in [0.29, 0.717) is 18.2 Å². The van der Waals surface area contributed by atoms with E-state index in [-0.39, 0.29) is 17.8 Å². The topological polar surface area (TPSA) is 41.1 Å². The molecule has 2 rings (SSSR count). The van der Waals surface area contributed by atoms with Crippen LogP contribution in [0.1, 0.15) is 30.9 Å². The van der Waals surface area contributed by atoms with E-state index in [4.69, 9.17) is 0 Å². The van der Waals surface area contributed by atoms with Crippen LogP contribution in [0.3, 0.4) is 0 Å². The van der Waals surface area contributed by atoms with Crippen molar-refractivity contribution in [2.45, 2.75) is 45.3 Å². The van der Waals surface area contributed by atoms with E-state index in [1.807, 2.05) is 6.92 Å². The third-order valence-electron chi connectivity index (χ3n) is 3.15. The SMILES string of the molecule is Cc1cc(CNC(C)C(=O)NC2CC2)ccc1F. The van der Waals surface area contributed by atoms with Gasteiger partial charge < -0.3 is 10.6 Å². The molecule has 4 heteroatoms. The summed E-state index contributed by atoms with van der Waals surface area (Å²) in [7, 11) is 0. The number of hydrogen-bond acceptors (Lipinski definition) is 2. The molecule has 18 heavy (non-hydrogen) atoms. The molecular formula is C14H19FN2O. The summed E-state index contributed by atoms with van der Waals surface area (Å²) in [4.78, 5) is 11.7. The Balaban J connectivity index is 1.82. The van der Waals surface area contributed by atoms with Crippen LogP contribution in [-0.4, -0.2) is 18.0 Å². The Morgan fingerprint density at radius 1 is 1.50 bits per heavy atom. The van der Waals surface area contributed by atoms with Gasteiger partial charge in [-0.3, -0.25) is 4.79 Å². The van der Waals surface area contributed by atoms with E-state index in [1.54, 1.807) is 19.1 Å². The number of benzene rings is 1. The van der Waals surface area contributed by atoms with Crippen LogP contribution in [0.5, 0.6) is 0 Å². The van der Waals surface area contributed by atoms with Gasteiger partial charge in [-0.15, -0.1) is 0 Å². The van der Waals surface area contributed by atoms with Gasteiger partial charge in [-0.25, -0.2) is 4.39 Å². The van der Waals surface area contributed by atoms with Gasteiger partial charge in [0.2, 0.25) is 5.91 Å². The molecule has 0 heterocycles. The molecule has 1 atom stereocenters. The third-order valence-corrected chi connectivity index (χ3v) is 3.15. The van der Waals surface area contributed by atoms with Crippen LogP contribution in [0.4, 0.5) is 4.39 Å². The van der Waals surface area contributed by atoms with Gasteiger partial charge in [-0.1, -0.05) is 12.1 Å². The first-order valence-electron chi connectivity index (χ1n) is 6.35. The normalized spacial score (nSPS) is 16.4. The van der Waals surface area contributed by atoms with Crippen molar-refractivity contribution in [1.82, 2.24) is 10.6 Å². The monoisotopic (exact) mass is 250 g/mol. The number of aryl methyl sites for hydroxylation is 1. The average Bonchev–Trinajstić information content (AvgIpc) is 3.14. The van der Waals surface area contributed by atoms with E-state index in [9.17, 15) is 9.18 Å². The summed E-state index contributed by atoms with van der Waals surface area (Å²) in [5.41, 5.74) is 1.62. The Morgan fingerprint density at radius 2 is 2.22 bits per heavy atom. The number of halogens is 1. The van der Waals surface area contributed by atoms with Crippen LogP contribution in [-0.2, 0) is 11.3 Å². The van der Waals surface area contributed by atoms with Crippen LogP contribution in [0.2, 0.25) is 0 Å². The van der Waals surface area contributed by atoms with Crippen LogP contribution in [0, 0.1) is 12.7 Å². The maximum Gasteiger partial charge on any atom is 0.237 e. The molecule has 98 valence electrons. The summed E-state index contributed by atoms with van der Waals surface area (Å²) in [6.07, 6.45) is 2.19. The second-order valence-electron chi connectivity index (χ2n) is 4.97. The fourth-order valence-corrected chi connectivity index (χ4v) is 1.73. The minimum Gasteiger partial charge on any atom is -0.352 e. The summed E-state index contributed by atoms with van der Waals surface area (Å²) in [6.45, 7) is 4.15. The molecule has 0 bridgehead atoms. The smallest absolute Gasteiger partial charge is 0.237 e. The Kier molecular flexibility index (Phi) is 3.97. The van der Waals surface area contributed by atoms with E-state index in [1.165, 1.54) is 6.07 Å². The lowest BCUT2D eigenvalue weighted by atomic mass is 10.1. The van der Waals surface area contributed by atoms with Crippen LogP contribution in [0.25, 0.3) is 0 Å². The summed E-state index contributed by atoms with van der Waals surface area (Å²) >= 11 is 0. The largest absolute Gasteiger partial charge is 0.352 e. The highest BCUT2D eigenvalue weighted by Crippen LogP contribution is 2.18. The van der Waals surface area contributed by atoms with Crippen molar-refractivity contribution in [3.8, 4) is 0 Å². The Labute approximate surface area is 107 Å². The van der Waals surface area contributed by atoms with Gasteiger partial charge >= 0.3 is 0 Å². The zero-order valence-corrected chi connectivity index (χ0v) is 10.8. The minimum absolute atomic E-state index is 0.0383. The number of rotatable bonds is 5. The highest BCUT2D eigenvalue weighted by molar-refractivity contribution is 5.81. The maximum atomic E-state index is 13.1. The first kappa shape index (κ1) is 13.0. The van der Waals surface area contributed by atoms with Crippen LogP contribution >= 0.6 is 0 Å². The van der Waals surface area contributed by atoms with E-state index < -0.39 is 0 Å². The first-order chi connectivity index (χ1) is 8.56. The Bertz CT molecular complexity index is 443. The van der Waals surface area contributed by atoms with Crippen molar-refractivity contribution >= 4 is 5.91 Å². The number of hydrogen-bond donors (Lipinski definition) is 2. The molecular weight excluding hydrogens is 231 g/mol. The van der Waals surface area contributed by atoms with Crippen molar-refractivity contribution in [1.29, 1.82) is 0 Å². The van der Waals surface area contributed by atoms with Crippen LogP contribution < -0.4 is 10.6 Å². The summed E-state index contributed by atoms with van der Waals surface area (Å²) in [6, 6.07) is 5.15. The molecule has 2 N–H and O–H groups in total. The molecule has 0 radical (unpaired) electrons. The van der Waals surface area contributed by atoms with Crippen LogP contribution in [0.15, 0.2) is 18.2 Å². The fourth-order valence-electron chi connectivity index (χ4n) is 1.73.